The van der Waals surface area contributed by atoms with Crippen molar-refractivity contribution in [3.8, 4) is 11.4 Å². The first-order chi connectivity index (χ1) is 13.9. The van der Waals surface area contributed by atoms with E-state index in [1.165, 1.54) is 0 Å². The number of anilines is 1. The van der Waals surface area contributed by atoms with E-state index in [1.54, 1.807) is 35.6 Å². The van der Waals surface area contributed by atoms with Crippen molar-refractivity contribution in [3.05, 3.63) is 52.5 Å². The molecule has 7 nitrogen and oxygen atoms in total. The fourth-order valence-electron chi connectivity index (χ4n) is 2.48. The van der Waals surface area contributed by atoms with Gasteiger partial charge in [-0.1, -0.05) is 12.1 Å². The summed E-state index contributed by atoms with van der Waals surface area (Å²) in [6.45, 7) is 5.98. The fourth-order valence-corrected chi connectivity index (χ4v) is 3.12. The second-order valence-corrected chi connectivity index (χ2v) is 8.12. The molecule has 2 heterocycles. The summed E-state index contributed by atoms with van der Waals surface area (Å²) in [7, 11) is 0. The summed E-state index contributed by atoms with van der Waals surface area (Å²) in [6.07, 6.45) is 1.41. The lowest BCUT2D eigenvalue weighted by molar-refractivity contribution is -0.116. The normalized spacial score (nSPS) is 11.3. The monoisotopic (exact) mass is 412 g/mol. The third-order valence-electron chi connectivity index (χ3n) is 4.58. The molecule has 0 saturated heterocycles. The van der Waals surface area contributed by atoms with E-state index in [9.17, 15) is 9.59 Å². The van der Waals surface area contributed by atoms with Gasteiger partial charge in [0.2, 0.25) is 17.6 Å². The maximum absolute atomic E-state index is 12.3. The summed E-state index contributed by atoms with van der Waals surface area (Å²) in [5, 5.41) is 13.6. The van der Waals surface area contributed by atoms with E-state index in [-0.39, 0.29) is 23.8 Å². The molecule has 0 atom stereocenters. The molecule has 0 unspecified atom stereocenters. The van der Waals surface area contributed by atoms with E-state index in [0.717, 1.165) is 12.0 Å². The molecule has 2 aromatic heterocycles. The Morgan fingerprint density at radius 2 is 1.93 bits per heavy atom. The molecule has 0 aliphatic rings. The van der Waals surface area contributed by atoms with Crippen LogP contribution in [0.4, 0.5) is 5.69 Å². The van der Waals surface area contributed by atoms with Gasteiger partial charge >= 0.3 is 0 Å². The maximum Gasteiger partial charge on any atom is 0.251 e. The summed E-state index contributed by atoms with van der Waals surface area (Å²) in [5.41, 5.74) is 1.82. The summed E-state index contributed by atoms with van der Waals surface area (Å²) in [4.78, 5) is 28.8. The van der Waals surface area contributed by atoms with Crippen LogP contribution in [-0.4, -0.2) is 27.5 Å². The first-order valence-corrected chi connectivity index (χ1v) is 10.4. The first kappa shape index (κ1) is 20.7. The van der Waals surface area contributed by atoms with Crippen molar-refractivity contribution < 1.29 is 14.1 Å². The van der Waals surface area contributed by atoms with Crippen LogP contribution in [0, 0.1) is 0 Å². The average Bonchev–Trinajstić information content (AvgIpc) is 3.38. The molecular weight excluding hydrogens is 388 g/mol. The summed E-state index contributed by atoms with van der Waals surface area (Å²) in [6, 6.07) is 8.74. The van der Waals surface area contributed by atoms with Gasteiger partial charge in [0.25, 0.3) is 5.91 Å². The smallest absolute Gasteiger partial charge is 0.251 e. The lowest BCUT2D eigenvalue weighted by Gasteiger charge is -2.24. The van der Waals surface area contributed by atoms with Gasteiger partial charge in [-0.25, -0.2) is 0 Å². The molecule has 0 aliphatic carbocycles. The molecule has 2 amide bonds. The van der Waals surface area contributed by atoms with Crippen molar-refractivity contribution in [1.29, 1.82) is 0 Å². The summed E-state index contributed by atoms with van der Waals surface area (Å²) in [5.74, 6) is 0.658. The molecule has 0 radical (unpaired) electrons. The van der Waals surface area contributed by atoms with E-state index >= 15 is 0 Å². The number of nitrogens with zero attached hydrogens (tertiary/aromatic N) is 2. The highest BCUT2D eigenvalue weighted by Gasteiger charge is 2.18. The van der Waals surface area contributed by atoms with Crippen molar-refractivity contribution in [2.75, 3.05) is 5.32 Å². The van der Waals surface area contributed by atoms with Crippen LogP contribution in [0.25, 0.3) is 11.4 Å². The van der Waals surface area contributed by atoms with Crippen LogP contribution in [0.15, 0.2) is 45.6 Å². The Morgan fingerprint density at radius 1 is 1.17 bits per heavy atom. The number of aryl methyl sites for hydroxylation is 1. The molecule has 1 aromatic carbocycles. The topological polar surface area (TPSA) is 97.1 Å². The van der Waals surface area contributed by atoms with Crippen molar-refractivity contribution in [3.63, 3.8) is 0 Å². The summed E-state index contributed by atoms with van der Waals surface area (Å²) < 4.78 is 5.20. The second kappa shape index (κ2) is 9.00. The van der Waals surface area contributed by atoms with Crippen LogP contribution in [0.3, 0.4) is 0 Å². The zero-order valence-electron chi connectivity index (χ0n) is 16.7. The SMILES string of the molecule is CCC(C)(C)NC(=O)c1ccc(NC(=O)CCc2nc(-c3ccsc3)no2)cc1. The van der Waals surface area contributed by atoms with Crippen LogP contribution < -0.4 is 10.6 Å². The molecule has 8 heteroatoms. The Morgan fingerprint density at radius 3 is 2.59 bits per heavy atom. The molecular formula is C21H24N4O3S. The van der Waals surface area contributed by atoms with Gasteiger partial charge < -0.3 is 15.2 Å². The fraction of sp³-hybridized carbons (Fsp3) is 0.333. The van der Waals surface area contributed by atoms with Gasteiger partial charge in [0.1, 0.15) is 0 Å². The zero-order valence-corrected chi connectivity index (χ0v) is 17.5. The number of carbonyl (C=O) groups excluding carboxylic acids is 2. The van der Waals surface area contributed by atoms with Gasteiger partial charge in [-0.2, -0.15) is 16.3 Å². The number of benzene rings is 1. The van der Waals surface area contributed by atoms with Crippen molar-refractivity contribution in [2.45, 2.75) is 45.6 Å². The van der Waals surface area contributed by atoms with Crippen molar-refractivity contribution in [2.24, 2.45) is 0 Å². The number of thiophene rings is 1. The number of aromatic nitrogens is 2. The predicted octanol–water partition coefficient (Wildman–Crippen LogP) is 4.29. The first-order valence-electron chi connectivity index (χ1n) is 9.44. The Kier molecular flexibility index (Phi) is 6.43. The van der Waals surface area contributed by atoms with Crippen LogP contribution >= 0.6 is 11.3 Å². The average molecular weight is 413 g/mol. The number of hydrogen-bond acceptors (Lipinski definition) is 6. The van der Waals surface area contributed by atoms with E-state index in [4.69, 9.17) is 4.52 Å². The molecule has 0 saturated carbocycles. The standard InChI is InChI=1S/C21H24N4O3S/c1-4-21(2,3)24-20(27)14-5-7-16(8-6-14)22-17(26)9-10-18-23-19(25-28-18)15-11-12-29-13-15/h5-8,11-13H,4,9-10H2,1-3H3,(H,22,26)(H,24,27). The zero-order chi connectivity index (χ0) is 20.9. The van der Waals surface area contributed by atoms with Crippen LogP contribution in [0.5, 0.6) is 0 Å². The minimum atomic E-state index is -0.262. The van der Waals surface area contributed by atoms with Crippen LogP contribution in [0.2, 0.25) is 0 Å². The molecule has 3 rings (SSSR count). The quantitative estimate of drug-likeness (QED) is 0.575. The minimum absolute atomic E-state index is 0.132. The maximum atomic E-state index is 12.3. The Bertz CT molecular complexity index is 962. The molecule has 152 valence electrons. The number of rotatable bonds is 8. The Hall–Kier alpha value is -3.00. The molecule has 0 aliphatic heterocycles. The largest absolute Gasteiger partial charge is 0.347 e. The molecule has 3 aromatic rings. The Balaban J connectivity index is 1.50. The minimum Gasteiger partial charge on any atom is -0.347 e. The second-order valence-electron chi connectivity index (χ2n) is 7.34. The molecule has 29 heavy (non-hydrogen) atoms. The van der Waals surface area contributed by atoms with E-state index in [2.05, 4.69) is 20.8 Å². The highest BCUT2D eigenvalue weighted by Crippen LogP contribution is 2.19. The van der Waals surface area contributed by atoms with Crippen molar-refractivity contribution >= 4 is 28.8 Å². The van der Waals surface area contributed by atoms with Gasteiger partial charge in [0, 0.05) is 40.6 Å². The Labute approximate surface area is 173 Å². The van der Waals surface area contributed by atoms with Crippen molar-refractivity contribution in [1.82, 2.24) is 15.5 Å². The van der Waals surface area contributed by atoms with Gasteiger partial charge in [0.15, 0.2) is 0 Å². The molecule has 0 spiro atoms. The van der Waals surface area contributed by atoms with Gasteiger partial charge in [0.05, 0.1) is 0 Å². The van der Waals surface area contributed by atoms with Crippen LogP contribution in [-0.2, 0) is 11.2 Å². The summed E-state index contributed by atoms with van der Waals surface area (Å²) >= 11 is 1.56. The third-order valence-corrected chi connectivity index (χ3v) is 5.26. The van der Waals surface area contributed by atoms with Gasteiger partial charge in [-0.3, -0.25) is 9.59 Å². The number of carbonyl (C=O) groups is 2. The van der Waals surface area contributed by atoms with E-state index in [1.807, 2.05) is 37.6 Å². The number of hydrogen-bond donors (Lipinski definition) is 2. The van der Waals surface area contributed by atoms with E-state index < -0.39 is 0 Å². The lowest BCUT2D eigenvalue weighted by atomic mass is 10.0. The lowest BCUT2D eigenvalue weighted by Crippen LogP contribution is -2.42. The molecule has 0 fully saturated rings. The molecule has 2 N–H and O–H groups in total. The van der Waals surface area contributed by atoms with Gasteiger partial charge in [-0.05, 0) is 56.0 Å². The van der Waals surface area contributed by atoms with E-state index in [0.29, 0.717) is 29.4 Å². The predicted molar refractivity (Wildman–Crippen MR) is 113 cm³/mol. The highest BCUT2D eigenvalue weighted by molar-refractivity contribution is 7.08. The number of amides is 2. The number of nitrogens with one attached hydrogen (secondary N) is 2. The van der Waals surface area contributed by atoms with Crippen LogP contribution in [0.1, 0.15) is 49.9 Å². The van der Waals surface area contributed by atoms with Gasteiger partial charge in [-0.15, -0.1) is 0 Å². The third kappa shape index (κ3) is 5.74. The molecule has 0 bridgehead atoms. The highest BCUT2D eigenvalue weighted by atomic mass is 32.1.